The van der Waals surface area contributed by atoms with Gasteiger partial charge in [-0.15, -0.1) is 0 Å². The largest absolute Gasteiger partial charge is 0.481 e. The standard InChI is InChI=1S/C16H25N3O2/c1-5-18(6-2)15-8-7-14(11-17-15)19(12-13(3)4)10-9-16(20)21/h7-8,11H,3,5-6,9-10,12H2,1-2,4H3,(H,20,21). The highest BCUT2D eigenvalue weighted by atomic mass is 16.4. The van der Waals surface area contributed by atoms with Gasteiger partial charge in [-0.25, -0.2) is 4.98 Å². The van der Waals surface area contributed by atoms with E-state index in [0.717, 1.165) is 30.2 Å². The fourth-order valence-corrected chi connectivity index (χ4v) is 2.16. The number of carboxylic acid groups (broad SMARTS) is 1. The van der Waals surface area contributed by atoms with Crippen LogP contribution in [0.4, 0.5) is 11.5 Å². The minimum Gasteiger partial charge on any atom is -0.481 e. The van der Waals surface area contributed by atoms with Crippen LogP contribution in [0.1, 0.15) is 27.2 Å². The van der Waals surface area contributed by atoms with Gasteiger partial charge in [0.25, 0.3) is 0 Å². The van der Waals surface area contributed by atoms with E-state index < -0.39 is 5.97 Å². The van der Waals surface area contributed by atoms with Crippen molar-refractivity contribution in [3.05, 3.63) is 30.5 Å². The first-order valence-electron chi connectivity index (χ1n) is 7.30. The van der Waals surface area contributed by atoms with Gasteiger partial charge < -0.3 is 14.9 Å². The SMILES string of the molecule is C=C(C)CN(CCC(=O)O)c1ccc(N(CC)CC)nc1. The molecule has 0 aliphatic rings. The number of aromatic nitrogens is 1. The molecule has 0 unspecified atom stereocenters. The van der Waals surface area contributed by atoms with E-state index in [-0.39, 0.29) is 6.42 Å². The van der Waals surface area contributed by atoms with Crippen molar-refractivity contribution in [2.24, 2.45) is 0 Å². The number of carboxylic acids is 1. The summed E-state index contributed by atoms with van der Waals surface area (Å²) >= 11 is 0. The first kappa shape index (κ1) is 17.0. The fourth-order valence-electron chi connectivity index (χ4n) is 2.16. The molecular formula is C16H25N3O2. The molecule has 21 heavy (non-hydrogen) atoms. The van der Waals surface area contributed by atoms with Crippen LogP contribution in [-0.4, -0.2) is 42.2 Å². The molecule has 0 aliphatic heterocycles. The molecule has 0 aromatic carbocycles. The maximum atomic E-state index is 10.8. The predicted molar refractivity (Wildman–Crippen MR) is 87.1 cm³/mol. The molecular weight excluding hydrogens is 266 g/mol. The van der Waals surface area contributed by atoms with Gasteiger partial charge >= 0.3 is 5.97 Å². The molecule has 1 aromatic heterocycles. The van der Waals surface area contributed by atoms with Crippen LogP contribution >= 0.6 is 0 Å². The zero-order valence-corrected chi connectivity index (χ0v) is 13.2. The minimum absolute atomic E-state index is 0.102. The first-order valence-corrected chi connectivity index (χ1v) is 7.30. The minimum atomic E-state index is -0.797. The average molecular weight is 291 g/mol. The van der Waals surface area contributed by atoms with Crippen LogP contribution in [0.2, 0.25) is 0 Å². The van der Waals surface area contributed by atoms with Crippen molar-refractivity contribution in [1.29, 1.82) is 0 Å². The number of rotatable bonds is 9. The van der Waals surface area contributed by atoms with Crippen LogP contribution in [0.25, 0.3) is 0 Å². The van der Waals surface area contributed by atoms with Crippen molar-refractivity contribution in [2.75, 3.05) is 36.0 Å². The van der Waals surface area contributed by atoms with E-state index >= 15 is 0 Å². The van der Waals surface area contributed by atoms with E-state index in [2.05, 4.69) is 30.3 Å². The molecule has 1 N–H and O–H groups in total. The van der Waals surface area contributed by atoms with Crippen molar-refractivity contribution in [2.45, 2.75) is 27.2 Å². The summed E-state index contributed by atoms with van der Waals surface area (Å²) in [6, 6.07) is 3.97. The summed E-state index contributed by atoms with van der Waals surface area (Å²) in [6.45, 7) is 13.0. The highest BCUT2D eigenvalue weighted by molar-refractivity contribution is 5.67. The molecule has 116 valence electrons. The van der Waals surface area contributed by atoms with Crippen LogP contribution in [0.15, 0.2) is 30.5 Å². The predicted octanol–water partition coefficient (Wildman–Crippen LogP) is 2.79. The molecule has 1 rings (SSSR count). The van der Waals surface area contributed by atoms with Crippen LogP contribution in [0.3, 0.4) is 0 Å². The lowest BCUT2D eigenvalue weighted by Gasteiger charge is -2.25. The van der Waals surface area contributed by atoms with Gasteiger partial charge in [0.15, 0.2) is 0 Å². The maximum absolute atomic E-state index is 10.8. The Hall–Kier alpha value is -2.04. The van der Waals surface area contributed by atoms with E-state index in [1.165, 1.54) is 0 Å². The van der Waals surface area contributed by atoms with Gasteiger partial charge in [-0.1, -0.05) is 12.2 Å². The van der Waals surface area contributed by atoms with Gasteiger partial charge in [0.1, 0.15) is 5.82 Å². The molecule has 0 amide bonds. The summed E-state index contributed by atoms with van der Waals surface area (Å²) in [7, 11) is 0. The normalized spacial score (nSPS) is 10.2. The lowest BCUT2D eigenvalue weighted by molar-refractivity contribution is -0.136. The summed E-state index contributed by atoms with van der Waals surface area (Å²) < 4.78 is 0. The van der Waals surface area contributed by atoms with Crippen LogP contribution in [0, 0.1) is 0 Å². The van der Waals surface area contributed by atoms with Crippen molar-refractivity contribution < 1.29 is 9.90 Å². The molecule has 0 saturated carbocycles. The van der Waals surface area contributed by atoms with Gasteiger partial charge in [0.05, 0.1) is 18.3 Å². The van der Waals surface area contributed by atoms with E-state index in [1.807, 2.05) is 24.0 Å². The van der Waals surface area contributed by atoms with Crippen molar-refractivity contribution in [3.63, 3.8) is 0 Å². The zero-order valence-electron chi connectivity index (χ0n) is 13.2. The van der Waals surface area contributed by atoms with Gasteiger partial charge in [-0.2, -0.15) is 0 Å². The molecule has 5 heteroatoms. The third kappa shape index (κ3) is 5.45. The lowest BCUT2D eigenvalue weighted by Crippen LogP contribution is -2.28. The highest BCUT2D eigenvalue weighted by Gasteiger charge is 2.10. The molecule has 1 aromatic rings. The smallest absolute Gasteiger partial charge is 0.305 e. The number of pyridine rings is 1. The van der Waals surface area contributed by atoms with Crippen molar-refractivity contribution >= 4 is 17.5 Å². The topological polar surface area (TPSA) is 56.7 Å². The summed E-state index contributed by atoms with van der Waals surface area (Å²) in [5, 5.41) is 8.85. The van der Waals surface area contributed by atoms with Crippen LogP contribution < -0.4 is 9.80 Å². The maximum Gasteiger partial charge on any atom is 0.305 e. The Bertz CT molecular complexity index is 467. The van der Waals surface area contributed by atoms with Crippen LogP contribution in [-0.2, 0) is 4.79 Å². The van der Waals surface area contributed by atoms with E-state index in [4.69, 9.17) is 5.11 Å². The monoisotopic (exact) mass is 291 g/mol. The number of hydrogen-bond acceptors (Lipinski definition) is 4. The molecule has 0 bridgehead atoms. The number of aliphatic carboxylic acids is 1. The Morgan fingerprint density at radius 1 is 1.29 bits per heavy atom. The summed E-state index contributed by atoms with van der Waals surface area (Å²) in [5.74, 6) is 0.145. The fraction of sp³-hybridized carbons (Fsp3) is 0.500. The Labute approximate surface area is 126 Å². The van der Waals surface area contributed by atoms with Crippen molar-refractivity contribution in [1.82, 2.24) is 4.98 Å². The van der Waals surface area contributed by atoms with Crippen LogP contribution in [0.5, 0.6) is 0 Å². The Kier molecular flexibility index (Phi) is 6.72. The van der Waals surface area contributed by atoms with E-state index in [0.29, 0.717) is 13.1 Å². The second-order valence-corrected chi connectivity index (χ2v) is 5.07. The molecule has 0 atom stereocenters. The number of hydrogen-bond donors (Lipinski definition) is 1. The number of nitrogens with zero attached hydrogens (tertiary/aromatic N) is 3. The Balaban J connectivity index is 2.86. The summed E-state index contributed by atoms with van der Waals surface area (Å²) in [4.78, 5) is 19.4. The molecule has 0 spiro atoms. The molecule has 0 fully saturated rings. The molecule has 1 heterocycles. The number of carbonyl (C=O) groups is 1. The van der Waals surface area contributed by atoms with Gasteiger partial charge in [-0.05, 0) is 32.9 Å². The average Bonchev–Trinajstić information content (AvgIpc) is 2.45. The molecule has 5 nitrogen and oxygen atoms in total. The second-order valence-electron chi connectivity index (χ2n) is 5.07. The number of anilines is 2. The molecule has 0 aliphatic carbocycles. The lowest BCUT2D eigenvalue weighted by atomic mass is 10.2. The van der Waals surface area contributed by atoms with E-state index in [9.17, 15) is 4.79 Å². The Morgan fingerprint density at radius 3 is 2.38 bits per heavy atom. The van der Waals surface area contributed by atoms with E-state index in [1.54, 1.807) is 6.20 Å². The first-order chi connectivity index (χ1) is 9.97. The second kappa shape index (κ2) is 8.29. The van der Waals surface area contributed by atoms with Gasteiger partial charge in [-0.3, -0.25) is 4.79 Å². The van der Waals surface area contributed by atoms with Gasteiger partial charge in [0, 0.05) is 26.2 Å². The highest BCUT2D eigenvalue weighted by Crippen LogP contribution is 2.18. The summed E-state index contributed by atoms with van der Waals surface area (Å²) in [6.07, 6.45) is 1.91. The summed E-state index contributed by atoms with van der Waals surface area (Å²) in [5.41, 5.74) is 1.92. The Morgan fingerprint density at radius 2 is 1.95 bits per heavy atom. The molecule has 0 saturated heterocycles. The third-order valence-corrected chi connectivity index (χ3v) is 3.24. The zero-order chi connectivity index (χ0) is 15.8. The molecule has 0 radical (unpaired) electrons. The quantitative estimate of drug-likeness (QED) is 0.709. The van der Waals surface area contributed by atoms with Gasteiger partial charge in [0.2, 0.25) is 0 Å². The van der Waals surface area contributed by atoms with Crippen molar-refractivity contribution in [3.8, 4) is 0 Å². The third-order valence-electron chi connectivity index (χ3n) is 3.24.